The topological polar surface area (TPSA) is 3.24 Å². The summed E-state index contributed by atoms with van der Waals surface area (Å²) in [6.45, 7) is 22.0. The fourth-order valence-electron chi connectivity index (χ4n) is 4.10. The molecule has 132 valence electrons. The fraction of sp³-hybridized carbons (Fsp3) is 0.417. The average Bonchev–Trinajstić information content (AvgIpc) is 2.51. The van der Waals surface area contributed by atoms with E-state index in [1.807, 2.05) is 0 Å². The lowest BCUT2D eigenvalue weighted by atomic mass is 9.76. The monoisotopic (exact) mass is 333 g/mol. The molecule has 3 rings (SSSR count). The Morgan fingerprint density at radius 2 is 1.96 bits per heavy atom. The maximum absolute atomic E-state index is 4.30. The predicted molar refractivity (Wildman–Crippen MR) is 109 cm³/mol. The molecule has 0 bridgehead atoms. The van der Waals surface area contributed by atoms with Gasteiger partial charge in [-0.2, -0.15) is 0 Å². The van der Waals surface area contributed by atoms with Crippen LogP contribution in [0.5, 0.6) is 0 Å². The minimum atomic E-state index is 0.184. The Hall–Kier alpha value is -2.02. The molecule has 0 radical (unpaired) electrons. The summed E-state index contributed by atoms with van der Waals surface area (Å²) in [5.74, 6) is 0. The summed E-state index contributed by atoms with van der Waals surface area (Å²) in [7, 11) is 0. The molecule has 2 aliphatic rings. The summed E-state index contributed by atoms with van der Waals surface area (Å²) in [4.78, 5) is 2.48. The van der Waals surface area contributed by atoms with E-state index in [9.17, 15) is 0 Å². The van der Waals surface area contributed by atoms with Crippen LogP contribution in [0.1, 0.15) is 56.9 Å². The molecule has 2 heterocycles. The number of aryl methyl sites for hydroxylation is 2. The van der Waals surface area contributed by atoms with Gasteiger partial charge in [-0.15, -0.1) is 0 Å². The third-order valence-corrected chi connectivity index (χ3v) is 5.63. The van der Waals surface area contributed by atoms with Crippen LogP contribution < -0.4 is 0 Å². The molecule has 0 aliphatic carbocycles. The lowest BCUT2D eigenvalue weighted by Crippen LogP contribution is -2.45. The molecule has 1 heteroatoms. The van der Waals surface area contributed by atoms with E-state index in [0.29, 0.717) is 6.04 Å². The molecule has 0 fully saturated rings. The van der Waals surface area contributed by atoms with E-state index < -0.39 is 0 Å². The zero-order valence-corrected chi connectivity index (χ0v) is 16.7. The number of benzene rings is 1. The molecule has 25 heavy (non-hydrogen) atoms. The predicted octanol–water partition coefficient (Wildman–Crippen LogP) is 6.20. The van der Waals surface area contributed by atoms with E-state index in [1.165, 1.54) is 33.5 Å². The molecule has 0 saturated heterocycles. The molecule has 0 saturated carbocycles. The summed E-state index contributed by atoms with van der Waals surface area (Å²) in [5, 5.41) is 0. The summed E-state index contributed by atoms with van der Waals surface area (Å²) in [5.41, 5.74) is 10.5. The first kappa shape index (κ1) is 17.8. The molecule has 1 aromatic carbocycles. The number of hydrogen-bond donors (Lipinski definition) is 0. The van der Waals surface area contributed by atoms with Crippen molar-refractivity contribution in [3.8, 4) is 0 Å². The second-order valence-corrected chi connectivity index (χ2v) is 8.66. The van der Waals surface area contributed by atoms with Crippen LogP contribution in [0.3, 0.4) is 0 Å². The van der Waals surface area contributed by atoms with Crippen LogP contribution >= 0.6 is 0 Å². The van der Waals surface area contributed by atoms with Crippen LogP contribution in [-0.2, 0) is 12.8 Å². The highest BCUT2D eigenvalue weighted by molar-refractivity contribution is 5.77. The number of hydrogen-bond acceptors (Lipinski definition) is 1. The van der Waals surface area contributed by atoms with Gasteiger partial charge in [-0.1, -0.05) is 46.9 Å². The van der Waals surface area contributed by atoms with Gasteiger partial charge in [0.1, 0.15) is 0 Å². The third kappa shape index (κ3) is 3.01. The highest BCUT2D eigenvalue weighted by atomic mass is 15.2. The van der Waals surface area contributed by atoms with Crippen LogP contribution in [0, 0.1) is 12.3 Å². The van der Waals surface area contributed by atoms with Crippen molar-refractivity contribution in [3.05, 3.63) is 76.5 Å². The molecular weight excluding hydrogens is 302 g/mol. The Balaban J connectivity index is 2.22. The summed E-state index contributed by atoms with van der Waals surface area (Å²) >= 11 is 0. The first-order chi connectivity index (χ1) is 11.6. The van der Waals surface area contributed by atoms with Crippen molar-refractivity contribution in [3.63, 3.8) is 0 Å². The first-order valence-corrected chi connectivity index (χ1v) is 9.33. The van der Waals surface area contributed by atoms with Crippen molar-refractivity contribution in [1.29, 1.82) is 0 Å². The van der Waals surface area contributed by atoms with Gasteiger partial charge in [0.2, 0.25) is 0 Å². The van der Waals surface area contributed by atoms with E-state index in [1.54, 1.807) is 0 Å². The van der Waals surface area contributed by atoms with E-state index in [2.05, 4.69) is 84.0 Å². The molecule has 0 amide bonds. The molecule has 1 atom stereocenters. The van der Waals surface area contributed by atoms with Gasteiger partial charge in [0.05, 0.1) is 0 Å². The second-order valence-electron chi connectivity index (χ2n) is 8.66. The number of allylic oxidation sites excluding steroid dienone is 4. The van der Waals surface area contributed by atoms with Crippen LogP contribution in [0.4, 0.5) is 0 Å². The van der Waals surface area contributed by atoms with Gasteiger partial charge in [-0.3, -0.25) is 0 Å². The number of rotatable bonds is 2. The van der Waals surface area contributed by atoms with Crippen LogP contribution in [0.2, 0.25) is 0 Å². The molecule has 1 unspecified atom stereocenters. The summed E-state index contributed by atoms with van der Waals surface area (Å²) in [6, 6.07) is 5.24. The average molecular weight is 334 g/mol. The first-order valence-electron chi connectivity index (χ1n) is 9.33. The van der Waals surface area contributed by atoms with E-state index in [4.69, 9.17) is 0 Å². The third-order valence-electron chi connectivity index (χ3n) is 5.63. The number of fused-ring (bicyclic) bond motifs is 3. The molecule has 1 nitrogen and oxygen atoms in total. The normalized spacial score (nSPS) is 19.8. The molecule has 2 aliphatic heterocycles. The van der Waals surface area contributed by atoms with Crippen molar-refractivity contribution >= 4 is 5.70 Å². The maximum Gasteiger partial charge on any atom is 0.0491 e. The highest BCUT2D eigenvalue weighted by Gasteiger charge is 2.38. The van der Waals surface area contributed by atoms with Gasteiger partial charge in [-0.05, 0) is 77.7 Å². The van der Waals surface area contributed by atoms with Gasteiger partial charge in [0.25, 0.3) is 0 Å². The zero-order chi connectivity index (χ0) is 18.5. The van der Waals surface area contributed by atoms with Crippen molar-refractivity contribution in [2.24, 2.45) is 5.41 Å². The lowest BCUT2D eigenvalue weighted by molar-refractivity contribution is 0.189. The van der Waals surface area contributed by atoms with Crippen LogP contribution in [-0.4, -0.2) is 10.9 Å². The minimum absolute atomic E-state index is 0.184. The molecule has 1 aromatic rings. The van der Waals surface area contributed by atoms with Crippen molar-refractivity contribution in [2.45, 2.75) is 60.4 Å². The summed E-state index contributed by atoms with van der Waals surface area (Å²) < 4.78 is 0. The standard InChI is InChI=1S/C24H31N/c1-9-18-12-20-19(10-16(18)4)13-23(24(6,7)8)25-14-21(15(2)3)17(5)11-22(20)25/h10-12,14,23H,2,5,9,13H2,1,3-4,6-8H3. The van der Waals surface area contributed by atoms with Crippen molar-refractivity contribution in [2.75, 3.05) is 0 Å². The minimum Gasteiger partial charge on any atom is -0.343 e. The molecule has 0 N–H and O–H groups in total. The van der Waals surface area contributed by atoms with Gasteiger partial charge in [0.15, 0.2) is 0 Å². The fourth-order valence-corrected chi connectivity index (χ4v) is 4.10. The summed E-state index contributed by atoms with van der Waals surface area (Å²) in [6.07, 6.45) is 6.69. The van der Waals surface area contributed by atoms with Gasteiger partial charge >= 0.3 is 0 Å². The van der Waals surface area contributed by atoms with E-state index in [0.717, 1.165) is 24.0 Å². The molecular formula is C24H31N. The largest absolute Gasteiger partial charge is 0.343 e. The zero-order valence-electron chi connectivity index (χ0n) is 16.7. The van der Waals surface area contributed by atoms with Gasteiger partial charge < -0.3 is 4.90 Å². The maximum atomic E-state index is 4.30. The van der Waals surface area contributed by atoms with E-state index >= 15 is 0 Å². The van der Waals surface area contributed by atoms with Crippen molar-refractivity contribution in [1.82, 2.24) is 4.90 Å². The van der Waals surface area contributed by atoms with E-state index in [-0.39, 0.29) is 5.41 Å². The molecule has 0 aromatic heterocycles. The Morgan fingerprint density at radius 3 is 2.52 bits per heavy atom. The van der Waals surface area contributed by atoms with Gasteiger partial charge in [-0.25, -0.2) is 0 Å². The van der Waals surface area contributed by atoms with Gasteiger partial charge in [0, 0.05) is 23.5 Å². The van der Waals surface area contributed by atoms with Crippen LogP contribution in [0.15, 0.2) is 54.3 Å². The van der Waals surface area contributed by atoms with Crippen molar-refractivity contribution < 1.29 is 0 Å². The quantitative estimate of drug-likeness (QED) is 0.622. The lowest BCUT2D eigenvalue weighted by Gasteiger charge is -2.47. The Labute approximate surface area is 153 Å². The highest BCUT2D eigenvalue weighted by Crippen LogP contribution is 2.44. The molecule has 0 spiro atoms. The Kier molecular flexibility index (Phi) is 4.31. The number of nitrogens with zero attached hydrogens (tertiary/aromatic N) is 1. The smallest absolute Gasteiger partial charge is 0.0491 e. The Morgan fingerprint density at radius 1 is 1.28 bits per heavy atom. The van der Waals surface area contributed by atoms with Crippen LogP contribution in [0.25, 0.3) is 5.70 Å². The Bertz CT molecular complexity index is 811. The second kappa shape index (κ2) is 6.05. The SMILES string of the molecule is C=C(C)C1=CN2C(=CC1=C)c1cc(CC)c(C)cc1CC2C(C)(C)C.